The van der Waals surface area contributed by atoms with Crippen LogP contribution in [0.4, 0.5) is 0 Å². The average molecular weight is 252 g/mol. The normalized spacial score (nSPS) is 10.0. The molecule has 1 aromatic rings. The molecule has 0 spiro atoms. The third-order valence-corrected chi connectivity index (χ3v) is 2.31. The van der Waals surface area contributed by atoms with Crippen LogP contribution in [0.5, 0.6) is 5.75 Å². The van der Waals surface area contributed by atoms with Crippen LogP contribution < -0.4 is 0 Å². The maximum absolute atomic E-state index is 11.4. The lowest BCUT2D eigenvalue weighted by molar-refractivity contribution is -0.138. The molecule has 0 aliphatic carbocycles. The van der Waals surface area contributed by atoms with Gasteiger partial charge in [0, 0.05) is 12.8 Å². The maximum atomic E-state index is 11.4. The SMILES string of the molecule is O=C(O)CCC(=O)Cc1ccc(O)c(C(=O)O)c1. The standard InChI is InChI=1S/C12H12O6/c13-8(2-4-11(15)16)5-7-1-3-10(14)9(6-7)12(17)18/h1,3,6,14H,2,4-5H2,(H,15,16)(H,17,18). The van der Waals surface area contributed by atoms with Crippen molar-refractivity contribution in [3.8, 4) is 5.75 Å². The number of hydrogen-bond donors (Lipinski definition) is 3. The van der Waals surface area contributed by atoms with Crippen LogP contribution in [0.2, 0.25) is 0 Å². The molecule has 0 saturated carbocycles. The molecule has 0 aromatic heterocycles. The molecule has 6 nitrogen and oxygen atoms in total. The number of benzene rings is 1. The largest absolute Gasteiger partial charge is 0.507 e. The first-order valence-corrected chi connectivity index (χ1v) is 5.19. The molecule has 96 valence electrons. The second kappa shape index (κ2) is 5.81. The van der Waals surface area contributed by atoms with Crippen LogP contribution >= 0.6 is 0 Å². The monoisotopic (exact) mass is 252 g/mol. The van der Waals surface area contributed by atoms with E-state index in [1.54, 1.807) is 0 Å². The summed E-state index contributed by atoms with van der Waals surface area (Å²) in [5.41, 5.74) is 0.152. The van der Waals surface area contributed by atoms with E-state index in [-0.39, 0.29) is 36.4 Å². The molecule has 1 aromatic carbocycles. The number of carboxylic acids is 2. The van der Waals surface area contributed by atoms with Crippen molar-refractivity contribution in [3.63, 3.8) is 0 Å². The third kappa shape index (κ3) is 3.89. The van der Waals surface area contributed by atoms with Gasteiger partial charge in [-0.25, -0.2) is 4.79 Å². The molecule has 0 atom stereocenters. The number of carbonyl (C=O) groups excluding carboxylic acids is 1. The molecular weight excluding hydrogens is 240 g/mol. The number of carbonyl (C=O) groups is 3. The van der Waals surface area contributed by atoms with Crippen LogP contribution in [0, 0.1) is 0 Å². The van der Waals surface area contributed by atoms with Gasteiger partial charge in [0.05, 0.1) is 6.42 Å². The predicted molar refractivity (Wildman–Crippen MR) is 60.6 cm³/mol. The molecule has 18 heavy (non-hydrogen) atoms. The molecule has 3 N–H and O–H groups in total. The minimum Gasteiger partial charge on any atom is -0.507 e. The first-order chi connectivity index (χ1) is 8.40. The molecule has 1 rings (SSSR count). The van der Waals surface area contributed by atoms with Crippen molar-refractivity contribution >= 4 is 17.7 Å². The van der Waals surface area contributed by atoms with Gasteiger partial charge in [-0.1, -0.05) is 6.07 Å². The molecule has 0 aliphatic rings. The fourth-order valence-electron chi connectivity index (χ4n) is 1.43. The van der Waals surface area contributed by atoms with Crippen molar-refractivity contribution in [3.05, 3.63) is 29.3 Å². The number of aromatic hydroxyl groups is 1. The Balaban J connectivity index is 2.73. The van der Waals surface area contributed by atoms with Gasteiger partial charge in [0.25, 0.3) is 0 Å². The molecular formula is C12H12O6. The molecule has 0 heterocycles. The number of aliphatic carboxylic acids is 1. The summed E-state index contributed by atoms with van der Waals surface area (Å²) in [4.78, 5) is 32.4. The molecule has 0 saturated heterocycles. The highest BCUT2D eigenvalue weighted by Gasteiger charge is 2.12. The summed E-state index contributed by atoms with van der Waals surface area (Å²) in [5.74, 6) is -3.00. The van der Waals surface area contributed by atoms with Crippen molar-refractivity contribution in [2.45, 2.75) is 19.3 Å². The molecule has 0 unspecified atom stereocenters. The first kappa shape index (κ1) is 13.7. The second-order valence-electron chi connectivity index (χ2n) is 3.77. The van der Waals surface area contributed by atoms with E-state index >= 15 is 0 Å². The first-order valence-electron chi connectivity index (χ1n) is 5.19. The topological polar surface area (TPSA) is 112 Å². The lowest BCUT2D eigenvalue weighted by atomic mass is 10.0. The minimum atomic E-state index is -1.28. The minimum absolute atomic E-state index is 0.0478. The fourth-order valence-corrected chi connectivity index (χ4v) is 1.43. The Morgan fingerprint density at radius 1 is 1.06 bits per heavy atom. The number of carboxylic acid groups (broad SMARTS) is 2. The fraction of sp³-hybridized carbons (Fsp3) is 0.250. The highest BCUT2D eigenvalue weighted by molar-refractivity contribution is 5.91. The van der Waals surface area contributed by atoms with Crippen LogP contribution in [0.3, 0.4) is 0 Å². The van der Waals surface area contributed by atoms with Crippen molar-refractivity contribution in [1.29, 1.82) is 0 Å². The van der Waals surface area contributed by atoms with E-state index in [2.05, 4.69) is 0 Å². The summed E-state index contributed by atoms with van der Waals surface area (Å²) < 4.78 is 0. The van der Waals surface area contributed by atoms with Crippen molar-refractivity contribution in [1.82, 2.24) is 0 Å². The Kier molecular flexibility index (Phi) is 4.42. The number of rotatable bonds is 6. The van der Waals surface area contributed by atoms with Gasteiger partial charge in [0.2, 0.25) is 0 Å². The molecule has 0 bridgehead atoms. The molecule has 0 fully saturated rings. The molecule has 0 aliphatic heterocycles. The third-order valence-electron chi connectivity index (χ3n) is 2.31. The summed E-state index contributed by atoms with van der Waals surface area (Å²) in [7, 11) is 0. The van der Waals surface area contributed by atoms with E-state index in [0.29, 0.717) is 5.56 Å². The number of phenols is 1. The zero-order valence-electron chi connectivity index (χ0n) is 9.42. The number of ketones is 1. The lowest BCUT2D eigenvalue weighted by Gasteiger charge is -2.04. The summed E-state index contributed by atoms with van der Waals surface area (Å²) in [6.45, 7) is 0. The van der Waals surface area contributed by atoms with E-state index in [4.69, 9.17) is 10.2 Å². The average Bonchev–Trinajstić information content (AvgIpc) is 2.28. The van der Waals surface area contributed by atoms with Crippen LogP contribution in [-0.4, -0.2) is 33.0 Å². The molecule has 0 radical (unpaired) electrons. The quantitative estimate of drug-likeness (QED) is 0.698. The zero-order valence-corrected chi connectivity index (χ0v) is 9.42. The van der Waals surface area contributed by atoms with Gasteiger partial charge in [-0.2, -0.15) is 0 Å². The lowest BCUT2D eigenvalue weighted by Crippen LogP contribution is -2.07. The zero-order chi connectivity index (χ0) is 13.7. The van der Waals surface area contributed by atoms with Crippen LogP contribution in [0.25, 0.3) is 0 Å². The Hall–Kier alpha value is -2.37. The summed E-state index contributed by atoms with van der Waals surface area (Å²) in [5, 5.41) is 26.5. The smallest absolute Gasteiger partial charge is 0.339 e. The Bertz CT molecular complexity index is 491. The van der Waals surface area contributed by atoms with Gasteiger partial charge in [0.1, 0.15) is 17.1 Å². The van der Waals surface area contributed by atoms with Crippen molar-refractivity contribution in [2.75, 3.05) is 0 Å². The molecule has 0 amide bonds. The van der Waals surface area contributed by atoms with Gasteiger partial charge in [0.15, 0.2) is 0 Å². The van der Waals surface area contributed by atoms with Gasteiger partial charge in [-0.15, -0.1) is 0 Å². The number of Topliss-reactive ketones (excluding diaryl/α,β-unsaturated/α-hetero) is 1. The number of aromatic carboxylic acids is 1. The predicted octanol–water partition coefficient (Wildman–Crippen LogP) is 1.07. The van der Waals surface area contributed by atoms with Gasteiger partial charge in [-0.3, -0.25) is 9.59 Å². The Labute approximate surface area is 102 Å². The maximum Gasteiger partial charge on any atom is 0.339 e. The van der Waals surface area contributed by atoms with E-state index in [1.807, 2.05) is 0 Å². The van der Waals surface area contributed by atoms with Crippen molar-refractivity contribution in [2.24, 2.45) is 0 Å². The summed E-state index contributed by atoms with van der Waals surface area (Å²) >= 11 is 0. The van der Waals surface area contributed by atoms with Crippen LogP contribution in [-0.2, 0) is 16.0 Å². The molecule has 6 heteroatoms. The number of hydrogen-bond acceptors (Lipinski definition) is 4. The van der Waals surface area contributed by atoms with Crippen LogP contribution in [0.15, 0.2) is 18.2 Å². The van der Waals surface area contributed by atoms with Gasteiger partial charge in [-0.05, 0) is 17.7 Å². The van der Waals surface area contributed by atoms with E-state index in [1.165, 1.54) is 18.2 Å². The summed E-state index contributed by atoms with van der Waals surface area (Å²) in [6, 6.07) is 3.83. The van der Waals surface area contributed by atoms with Gasteiger partial charge >= 0.3 is 11.9 Å². The summed E-state index contributed by atoms with van der Waals surface area (Å²) in [6.07, 6.45) is -0.394. The van der Waals surface area contributed by atoms with E-state index in [9.17, 15) is 19.5 Å². The van der Waals surface area contributed by atoms with Crippen molar-refractivity contribution < 1.29 is 29.7 Å². The second-order valence-corrected chi connectivity index (χ2v) is 3.77. The Morgan fingerprint density at radius 2 is 1.72 bits per heavy atom. The van der Waals surface area contributed by atoms with Crippen LogP contribution in [0.1, 0.15) is 28.8 Å². The van der Waals surface area contributed by atoms with E-state index in [0.717, 1.165) is 0 Å². The van der Waals surface area contributed by atoms with Gasteiger partial charge < -0.3 is 15.3 Å². The highest BCUT2D eigenvalue weighted by Crippen LogP contribution is 2.19. The van der Waals surface area contributed by atoms with E-state index < -0.39 is 11.9 Å². The highest BCUT2D eigenvalue weighted by atomic mass is 16.4. The Morgan fingerprint density at radius 3 is 2.28 bits per heavy atom.